The van der Waals surface area contributed by atoms with Crippen LogP contribution in [0.5, 0.6) is 0 Å². The average molecular weight is 276 g/mol. The van der Waals surface area contributed by atoms with Crippen LogP contribution in [0.3, 0.4) is 0 Å². The van der Waals surface area contributed by atoms with Crippen LogP contribution in [-0.4, -0.2) is 12.5 Å². The van der Waals surface area contributed by atoms with E-state index in [4.69, 9.17) is 16.3 Å². The second kappa shape index (κ2) is 6.92. The van der Waals surface area contributed by atoms with Crippen molar-refractivity contribution in [3.8, 4) is 0 Å². The molecule has 0 saturated heterocycles. The number of hydrogen-bond acceptors (Lipinski definition) is 2. The molecule has 0 radical (unpaired) electrons. The zero-order valence-electron chi connectivity index (χ0n) is 10.3. The Kier molecular flexibility index (Phi) is 4.95. The number of para-hydroxylation sites is 1. The summed E-state index contributed by atoms with van der Waals surface area (Å²) in [7, 11) is 0. The number of benzene rings is 2. The first-order valence-corrected chi connectivity index (χ1v) is 6.29. The van der Waals surface area contributed by atoms with E-state index in [-0.39, 0.29) is 12.5 Å². The standard InChI is InChI=1S/C15H14ClNO2/c16-14-9-5-4-6-12(14)10-19-11-15(18)17-13-7-2-1-3-8-13/h1-9H,10-11H2,(H,17,18). The molecule has 2 aromatic carbocycles. The van der Waals surface area contributed by atoms with Gasteiger partial charge in [0, 0.05) is 10.7 Å². The molecule has 0 fully saturated rings. The Morgan fingerprint density at radius 3 is 2.47 bits per heavy atom. The molecule has 0 saturated carbocycles. The van der Waals surface area contributed by atoms with E-state index in [1.165, 1.54) is 0 Å². The summed E-state index contributed by atoms with van der Waals surface area (Å²) in [4.78, 5) is 11.6. The summed E-state index contributed by atoms with van der Waals surface area (Å²) < 4.78 is 5.34. The molecule has 0 unspecified atom stereocenters. The van der Waals surface area contributed by atoms with Crippen molar-refractivity contribution in [3.05, 3.63) is 65.2 Å². The number of nitrogens with one attached hydrogen (secondary N) is 1. The smallest absolute Gasteiger partial charge is 0.250 e. The van der Waals surface area contributed by atoms with Gasteiger partial charge in [-0.2, -0.15) is 0 Å². The predicted molar refractivity (Wildman–Crippen MR) is 76.2 cm³/mol. The summed E-state index contributed by atoms with van der Waals surface area (Å²) in [5.74, 6) is -0.182. The number of amides is 1. The fraction of sp³-hybridized carbons (Fsp3) is 0.133. The SMILES string of the molecule is O=C(COCc1ccccc1Cl)Nc1ccccc1. The Morgan fingerprint density at radius 1 is 1.05 bits per heavy atom. The topological polar surface area (TPSA) is 38.3 Å². The molecule has 0 aliphatic carbocycles. The minimum absolute atomic E-state index is 0.000117. The largest absolute Gasteiger partial charge is 0.367 e. The van der Waals surface area contributed by atoms with Gasteiger partial charge in [0.2, 0.25) is 5.91 Å². The zero-order chi connectivity index (χ0) is 13.5. The molecule has 0 atom stereocenters. The number of ether oxygens (including phenoxy) is 1. The summed E-state index contributed by atoms with van der Waals surface area (Å²) in [6.07, 6.45) is 0. The maximum Gasteiger partial charge on any atom is 0.250 e. The molecule has 98 valence electrons. The number of carbonyl (C=O) groups excluding carboxylic acids is 1. The highest BCUT2D eigenvalue weighted by Crippen LogP contribution is 2.15. The van der Waals surface area contributed by atoms with Crippen LogP contribution >= 0.6 is 11.6 Å². The van der Waals surface area contributed by atoms with Crippen LogP contribution in [0.15, 0.2) is 54.6 Å². The molecule has 0 bridgehead atoms. The van der Waals surface area contributed by atoms with E-state index in [0.29, 0.717) is 11.6 Å². The first-order chi connectivity index (χ1) is 9.25. The maximum atomic E-state index is 11.6. The fourth-order valence-corrected chi connectivity index (χ4v) is 1.78. The Hall–Kier alpha value is -1.84. The van der Waals surface area contributed by atoms with Crippen molar-refractivity contribution in [2.45, 2.75) is 6.61 Å². The molecule has 2 aromatic rings. The van der Waals surface area contributed by atoms with Crippen molar-refractivity contribution in [2.75, 3.05) is 11.9 Å². The average Bonchev–Trinajstić information content (AvgIpc) is 2.42. The second-order valence-electron chi connectivity index (χ2n) is 4.00. The molecule has 19 heavy (non-hydrogen) atoms. The van der Waals surface area contributed by atoms with E-state index in [0.717, 1.165) is 11.3 Å². The van der Waals surface area contributed by atoms with Crippen LogP contribution in [0.25, 0.3) is 0 Å². The molecular weight excluding hydrogens is 262 g/mol. The van der Waals surface area contributed by atoms with Gasteiger partial charge < -0.3 is 10.1 Å². The summed E-state index contributed by atoms with van der Waals surface area (Å²) in [6.45, 7) is 0.321. The van der Waals surface area contributed by atoms with Gasteiger partial charge in [0.1, 0.15) is 6.61 Å². The maximum absolute atomic E-state index is 11.6. The van der Waals surface area contributed by atoms with Crippen molar-refractivity contribution >= 4 is 23.2 Å². The lowest BCUT2D eigenvalue weighted by Gasteiger charge is -2.07. The van der Waals surface area contributed by atoms with Gasteiger partial charge in [0.05, 0.1) is 6.61 Å². The van der Waals surface area contributed by atoms with Crippen molar-refractivity contribution < 1.29 is 9.53 Å². The van der Waals surface area contributed by atoms with Crippen molar-refractivity contribution in [1.29, 1.82) is 0 Å². The molecule has 1 amide bonds. The van der Waals surface area contributed by atoms with E-state index < -0.39 is 0 Å². The first-order valence-electron chi connectivity index (χ1n) is 5.92. The Labute approximate surface area is 117 Å². The van der Waals surface area contributed by atoms with Gasteiger partial charge in [0.15, 0.2) is 0 Å². The van der Waals surface area contributed by atoms with E-state index in [2.05, 4.69) is 5.32 Å². The second-order valence-corrected chi connectivity index (χ2v) is 4.41. The molecule has 0 heterocycles. The van der Waals surface area contributed by atoms with Crippen molar-refractivity contribution in [2.24, 2.45) is 0 Å². The number of rotatable bonds is 5. The quantitative estimate of drug-likeness (QED) is 0.907. The Morgan fingerprint density at radius 2 is 1.74 bits per heavy atom. The van der Waals surface area contributed by atoms with Crippen LogP contribution in [0.2, 0.25) is 5.02 Å². The Balaban J connectivity index is 1.77. The highest BCUT2D eigenvalue weighted by atomic mass is 35.5. The summed E-state index contributed by atoms with van der Waals surface area (Å²) in [5, 5.41) is 3.39. The van der Waals surface area contributed by atoms with Crippen LogP contribution in [-0.2, 0) is 16.1 Å². The van der Waals surface area contributed by atoms with Gasteiger partial charge in [-0.15, -0.1) is 0 Å². The lowest BCUT2D eigenvalue weighted by atomic mass is 10.2. The monoisotopic (exact) mass is 275 g/mol. The number of halogens is 1. The van der Waals surface area contributed by atoms with Gasteiger partial charge >= 0.3 is 0 Å². The third-order valence-corrected chi connectivity index (χ3v) is 2.87. The Bertz CT molecular complexity index is 543. The lowest BCUT2D eigenvalue weighted by molar-refractivity contribution is -0.121. The molecular formula is C15H14ClNO2. The summed E-state index contributed by atoms with van der Waals surface area (Å²) >= 11 is 5.99. The van der Waals surface area contributed by atoms with E-state index in [1.54, 1.807) is 6.07 Å². The lowest BCUT2D eigenvalue weighted by Crippen LogP contribution is -2.18. The van der Waals surface area contributed by atoms with E-state index in [1.807, 2.05) is 48.5 Å². The first kappa shape index (κ1) is 13.6. The summed E-state index contributed by atoms with van der Waals surface area (Å²) in [5.41, 5.74) is 1.63. The molecule has 0 aromatic heterocycles. The molecule has 0 spiro atoms. The molecule has 0 aliphatic heterocycles. The molecule has 1 N–H and O–H groups in total. The van der Waals surface area contributed by atoms with Crippen LogP contribution in [0.4, 0.5) is 5.69 Å². The van der Waals surface area contributed by atoms with Gasteiger partial charge in [-0.25, -0.2) is 0 Å². The van der Waals surface area contributed by atoms with Crippen LogP contribution in [0, 0.1) is 0 Å². The normalized spacial score (nSPS) is 10.2. The highest BCUT2D eigenvalue weighted by molar-refractivity contribution is 6.31. The minimum atomic E-state index is -0.182. The van der Waals surface area contributed by atoms with Gasteiger partial charge in [-0.1, -0.05) is 48.0 Å². The molecule has 0 aliphatic rings. The number of carbonyl (C=O) groups is 1. The fourth-order valence-electron chi connectivity index (χ4n) is 1.59. The van der Waals surface area contributed by atoms with Gasteiger partial charge in [0.25, 0.3) is 0 Å². The third-order valence-electron chi connectivity index (χ3n) is 2.51. The molecule has 3 nitrogen and oxygen atoms in total. The van der Waals surface area contributed by atoms with Crippen LogP contribution in [0.1, 0.15) is 5.56 Å². The number of anilines is 1. The molecule has 2 rings (SSSR count). The molecule has 4 heteroatoms. The number of hydrogen-bond donors (Lipinski definition) is 1. The third kappa shape index (κ3) is 4.39. The van der Waals surface area contributed by atoms with Crippen molar-refractivity contribution in [3.63, 3.8) is 0 Å². The zero-order valence-corrected chi connectivity index (χ0v) is 11.1. The van der Waals surface area contributed by atoms with Gasteiger partial charge in [-0.05, 0) is 23.8 Å². The van der Waals surface area contributed by atoms with Crippen LogP contribution < -0.4 is 5.32 Å². The van der Waals surface area contributed by atoms with Gasteiger partial charge in [-0.3, -0.25) is 4.79 Å². The van der Waals surface area contributed by atoms with E-state index in [9.17, 15) is 4.79 Å². The van der Waals surface area contributed by atoms with Crippen molar-refractivity contribution in [1.82, 2.24) is 0 Å². The highest BCUT2D eigenvalue weighted by Gasteiger charge is 2.04. The van der Waals surface area contributed by atoms with E-state index >= 15 is 0 Å². The summed E-state index contributed by atoms with van der Waals surface area (Å²) in [6, 6.07) is 16.7. The predicted octanol–water partition coefficient (Wildman–Crippen LogP) is 3.50. The minimum Gasteiger partial charge on any atom is -0.367 e.